The topological polar surface area (TPSA) is 89.9 Å². The molecule has 0 aromatic heterocycles. The second-order valence-electron chi connectivity index (χ2n) is 5.47. The van der Waals surface area contributed by atoms with Crippen LogP contribution < -0.4 is 0 Å². The van der Waals surface area contributed by atoms with Crippen LogP contribution in [0.1, 0.15) is 30.9 Å². The number of esters is 2. The van der Waals surface area contributed by atoms with Gasteiger partial charge in [-0.15, -0.1) is 0 Å². The highest BCUT2D eigenvalue weighted by Gasteiger charge is 2.59. The molecule has 0 amide bonds. The van der Waals surface area contributed by atoms with Crippen LogP contribution in [0.4, 0.5) is 0 Å². The fraction of sp³-hybridized carbons (Fsp3) is 0.400. The van der Waals surface area contributed by atoms with Crippen molar-refractivity contribution in [2.24, 2.45) is 5.41 Å². The Morgan fingerprint density at radius 2 is 2.00 bits per heavy atom. The van der Waals surface area contributed by atoms with Crippen LogP contribution in [-0.2, 0) is 23.9 Å². The maximum absolute atomic E-state index is 12.1. The van der Waals surface area contributed by atoms with Crippen molar-refractivity contribution in [1.29, 1.82) is 0 Å². The molecule has 0 radical (unpaired) electrons. The minimum Gasteiger partial charge on any atom is -0.480 e. The van der Waals surface area contributed by atoms with Crippen molar-refractivity contribution in [1.82, 2.24) is 0 Å². The van der Waals surface area contributed by atoms with Gasteiger partial charge in [0.15, 0.2) is 17.6 Å². The lowest BCUT2D eigenvalue weighted by Gasteiger charge is -2.21. The standard InChI is InChI=1S/C15H13BrO6/c16-9-4-2-1-3-8(9)12-10(7-11(17)22-12)21-14(20)15(5-6-15)13(18)19/h1-4,10,12H,5-7H2,(H,18,19)/t10-,12+/m0/s1. The molecule has 2 aliphatic rings. The maximum Gasteiger partial charge on any atom is 0.323 e. The van der Waals surface area contributed by atoms with Gasteiger partial charge in [0.25, 0.3) is 0 Å². The average molecular weight is 369 g/mol. The number of aliphatic carboxylic acids is 1. The van der Waals surface area contributed by atoms with E-state index in [1.165, 1.54) is 0 Å². The second-order valence-corrected chi connectivity index (χ2v) is 6.32. The first-order chi connectivity index (χ1) is 10.4. The molecule has 1 aliphatic carbocycles. The zero-order chi connectivity index (χ0) is 15.9. The van der Waals surface area contributed by atoms with Crippen molar-refractivity contribution in [3.63, 3.8) is 0 Å². The number of ether oxygens (including phenoxy) is 2. The molecule has 0 spiro atoms. The summed E-state index contributed by atoms with van der Waals surface area (Å²) in [6, 6.07) is 7.15. The van der Waals surface area contributed by atoms with Crippen molar-refractivity contribution in [3.8, 4) is 0 Å². The molecular formula is C15H13BrO6. The number of rotatable bonds is 4. The fourth-order valence-corrected chi connectivity index (χ4v) is 3.00. The zero-order valence-electron chi connectivity index (χ0n) is 11.5. The summed E-state index contributed by atoms with van der Waals surface area (Å²) in [4.78, 5) is 34.9. The van der Waals surface area contributed by atoms with Gasteiger partial charge in [-0.2, -0.15) is 0 Å². The Balaban J connectivity index is 1.80. The zero-order valence-corrected chi connectivity index (χ0v) is 13.0. The van der Waals surface area contributed by atoms with Gasteiger partial charge in [-0.1, -0.05) is 34.1 Å². The van der Waals surface area contributed by atoms with E-state index < -0.39 is 35.5 Å². The molecule has 22 heavy (non-hydrogen) atoms. The first-order valence-electron chi connectivity index (χ1n) is 6.82. The van der Waals surface area contributed by atoms with E-state index in [0.29, 0.717) is 5.56 Å². The number of cyclic esters (lactones) is 1. The SMILES string of the molecule is O=C1C[C@H](OC(=O)C2(C(=O)O)CC2)[C@@H](c2ccccc2Br)O1. The molecule has 1 N–H and O–H groups in total. The summed E-state index contributed by atoms with van der Waals surface area (Å²) in [6.45, 7) is 0. The molecule has 1 saturated carbocycles. The predicted molar refractivity (Wildman–Crippen MR) is 76.8 cm³/mol. The Labute approximate surface area is 134 Å². The van der Waals surface area contributed by atoms with E-state index >= 15 is 0 Å². The van der Waals surface area contributed by atoms with Crippen molar-refractivity contribution >= 4 is 33.8 Å². The summed E-state index contributed by atoms with van der Waals surface area (Å²) in [5.74, 6) is -2.45. The van der Waals surface area contributed by atoms with Crippen LogP contribution in [0.2, 0.25) is 0 Å². The van der Waals surface area contributed by atoms with Gasteiger partial charge in [-0.25, -0.2) is 0 Å². The van der Waals surface area contributed by atoms with Crippen LogP contribution >= 0.6 is 15.9 Å². The molecule has 1 aromatic rings. The minimum atomic E-state index is -1.44. The Morgan fingerprint density at radius 1 is 1.32 bits per heavy atom. The summed E-state index contributed by atoms with van der Waals surface area (Å²) in [5.41, 5.74) is -0.754. The minimum absolute atomic E-state index is 0.0760. The number of benzene rings is 1. The smallest absolute Gasteiger partial charge is 0.323 e. The Kier molecular flexibility index (Phi) is 3.68. The van der Waals surface area contributed by atoms with Gasteiger partial charge in [0.05, 0.1) is 6.42 Å². The van der Waals surface area contributed by atoms with E-state index in [9.17, 15) is 14.4 Å². The molecule has 116 valence electrons. The van der Waals surface area contributed by atoms with Crippen LogP contribution in [0.3, 0.4) is 0 Å². The summed E-state index contributed by atoms with van der Waals surface area (Å²) in [5, 5.41) is 9.12. The van der Waals surface area contributed by atoms with E-state index in [-0.39, 0.29) is 19.3 Å². The van der Waals surface area contributed by atoms with Gasteiger partial charge in [-0.05, 0) is 18.9 Å². The van der Waals surface area contributed by atoms with E-state index in [2.05, 4.69) is 15.9 Å². The third-order valence-corrected chi connectivity index (χ3v) is 4.71. The van der Waals surface area contributed by atoms with Crippen molar-refractivity contribution in [2.45, 2.75) is 31.5 Å². The predicted octanol–water partition coefficient (Wildman–Crippen LogP) is 2.21. The largest absolute Gasteiger partial charge is 0.480 e. The Morgan fingerprint density at radius 3 is 2.59 bits per heavy atom. The molecule has 1 aromatic carbocycles. The molecule has 1 saturated heterocycles. The number of carboxylic acid groups (broad SMARTS) is 1. The fourth-order valence-electron chi connectivity index (χ4n) is 2.49. The van der Waals surface area contributed by atoms with Crippen molar-refractivity contribution in [2.75, 3.05) is 0 Å². The third kappa shape index (κ3) is 2.49. The molecular weight excluding hydrogens is 356 g/mol. The second kappa shape index (κ2) is 5.39. The van der Waals surface area contributed by atoms with Gasteiger partial charge >= 0.3 is 17.9 Å². The lowest BCUT2D eigenvalue weighted by molar-refractivity contribution is -0.167. The third-order valence-electron chi connectivity index (χ3n) is 3.98. The van der Waals surface area contributed by atoms with Gasteiger partial charge in [0, 0.05) is 10.0 Å². The number of halogens is 1. The maximum atomic E-state index is 12.1. The summed E-state index contributed by atoms with van der Waals surface area (Å²) in [7, 11) is 0. The van der Waals surface area contributed by atoms with Crippen LogP contribution in [0, 0.1) is 5.41 Å². The molecule has 2 atom stereocenters. The van der Waals surface area contributed by atoms with Crippen molar-refractivity contribution < 1.29 is 29.0 Å². The normalized spacial score (nSPS) is 25.4. The lowest BCUT2D eigenvalue weighted by atomic mass is 10.0. The first kappa shape index (κ1) is 15.0. The van der Waals surface area contributed by atoms with E-state index in [1.54, 1.807) is 18.2 Å². The lowest BCUT2D eigenvalue weighted by Crippen LogP contribution is -2.32. The molecule has 1 heterocycles. The molecule has 2 fully saturated rings. The van der Waals surface area contributed by atoms with E-state index in [1.807, 2.05) is 6.07 Å². The summed E-state index contributed by atoms with van der Waals surface area (Å²) < 4.78 is 11.3. The molecule has 6 nitrogen and oxygen atoms in total. The molecule has 0 unspecified atom stereocenters. The highest BCUT2D eigenvalue weighted by molar-refractivity contribution is 9.10. The molecule has 7 heteroatoms. The molecule has 1 aliphatic heterocycles. The van der Waals surface area contributed by atoms with Crippen LogP contribution in [0.15, 0.2) is 28.7 Å². The first-order valence-corrected chi connectivity index (χ1v) is 7.62. The van der Waals surface area contributed by atoms with Crippen LogP contribution in [0.25, 0.3) is 0 Å². The number of hydrogen-bond acceptors (Lipinski definition) is 5. The average Bonchev–Trinajstić information content (AvgIpc) is 3.20. The molecule has 0 bridgehead atoms. The Hall–Kier alpha value is -1.89. The van der Waals surface area contributed by atoms with Crippen molar-refractivity contribution in [3.05, 3.63) is 34.3 Å². The van der Waals surface area contributed by atoms with E-state index in [4.69, 9.17) is 14.6 Å². The monoisotopic (exact) mass is 368 g/mol. The number of carbonyl (C=O) groups excluding carboxylic acids is 2. The van der Waals surface area contributed by atoms with Crippen LogP contribution in [0.5, 0.6) is 0 Å². The van der Waals surface area contributed by atoms with Gasteiger partial charge in [0.2, 0.25) is 0 Å². The number of hydrogen-bond donors (Lipinski definition) is 1. The number of carbonyl (C=O) groups is 3. The Bertz CT molecular complexity index is 651. The van der Waals surface area contributed by atoms with Crippen LogP contribution in [-0.4, -0.2) is 29.1 Å². The summed E-state index contributed by atoms with van der Waals surface area (Å²) >= 11 is 3.37. The summed E-state index contributed by atoms with van der Waals surface area (Å²) in [6.07, 6.45) is -1.08. The van der Waals surface area contributed by atoms with Gasteiger partial charge in [-0.3, -0.25) is 14.4 Å². The number of carboxylic acids is 1. The van der Waals surface area contributed by atoms with Gasteiger partial charge in [0.1, 0.15) is 0 Å². The molecule has 3 rings (SSSR count). The quantitative estimate of drug-likeness (QED) is 0.647. The highest BCUT2D eigenvalue weighted by atomic mass is 79.9. The van der Waals surface area contributed by atoms with E-state index in [0.717, 1.165) is 4.47 Å². The van der Waals surface area contributed by atoms with Gasteiger partial charge < -0.3 is 14.6 Å². The highest BCUT2D eigenvalue weighted by Crippen LogP contribution is 2.48.